The molecule has 0 spiro atoms. The van der Waals surface area contributed by atoms with Gasteiger partial charge in [0.15, 0.2) is 0 Å². The van der Waals surface area contributed by atoms with Gasteiger partial charge in [-0.25, -0.2) is 0 Å². The van der Waals surface area contributed by atoms with Gasteiger partial charge in [0.1, 0.15) is 0 Å². The number of aromatic nitrogens is 1. The van der Waals surface area contributed by atoms with E-state index in [1.165, 1.54) is 0 Å². The Morgan fingerprint density at radius 3 is 2.69 bits per heavy atom. The normalized spacial score (nSPS) is 13.2. The maximum Gasteiger partial charge on any atom is 0.0702 e. The van der Waals surface area contributed by atoms with E-state index >= 15 is 0 Å². The maximum absolute atomic E-state index is 9.28. The fourth-order valence-electron chi connectivity index (χ4n) is 1.99. The van der Waals surface area contributed by atoms with Crippen LogP contribution in [0, 0.1) is 5.92 Å². The highest BCUT2D eigenvalue weighted by molar-refractivity contribution is 5.83. The van der Waals surface area contributed by atoms with Gasteiger partial charge in [0, 0.05) is 35.8 Å². The Labute approximate surface area is 94.9 Å². The number of hydrogen-bond acceptors (Lipinski definition) is 2. The van der Waals surface area contributed by atoms with E-state index < -0.39 is 0 Å². The van der Waals surface area contributed by atoms with Crippen LogP contribution in [-0.4, -0.2) is 21.4 Å². The average molecular weight is 219 g/mol. The molecule has 86 valence electrons. The molecule has 1 aromatic carbocycles. The molecule has 1 atom stereocenters. The van der Waals surface area contributed by atoms with Gasteiger partial charge in [0.25, 0.3) is 0 Å². The number of para-hydroxylation sites is 1. The Morgan fingerprint density at radius 1 is 1.25 bits per heavy atom. The molecule has 3 heteroatoms. The summed E-state index contributed by atoms with van der Waals surface area (Å²) in [6.45, 7) is 3.02. The SMILES string of the molecule is CC(CO)Cn1cc(CO)c2ccccc21. The van der Waals surface area contributed by atoms with Crippen molar-refractivity contribution >= 4 is 10.9 Å². The lowest BCUT2D eigenvalue weighted by Crippen LogP contribution is -2.10. The number of nitrogens with zero attached hydrogens (tertiary/aromatic N) is 1. The molecule has 0 aliphatic heterocycles. The smallest absolute Gasteiger partial charge is 0.0702 e. The van der Waals surface area contributed by atoms with Crippen LogP contribution in [0.2, 0.25) is 0 Å². The Morgan fingerprint density at radius 2 is 2.00 bits per heavy atom. The van der Waals surface area contributed by atoms with Crippen LogP contribution in [0.25, 0.3) is 10.9 Å². The first kappa shape index (κ1) is 11.2. The predicted octanol–water partition coefficient (Wildman–Crippen LogP) is 1.76. The molecular formula is C13H17NO2. The zero-order valence-electron chi connectivity index (χ0n) is 9.43. The molecule has 0 bridgehead atoms. The second-order valence-electron chi connectivity index (χ2n) is 4.27. The Kier molecular flexibility index (Phi) is 3.27. The molecule has 1 unspecified atom stereocenters. The Hall–Kier alpha value is -1.32. The van der Waals surface area contributed by atoms with E-state index in [9.17, 15) is 5.11 Å². The third kappa shape index (κ3) is 1.96. The summed E-state index contributed by atoms with van der Waals surface area (Å²) in [5.41, 5.74) is 2.06. The monoisotopic (exact) mass is 219 g/mol. The molecule has 1 aromatic heterocycles. The van der Waals surface area contributed by atoms with E-state index in [-0.39, 0.29) is 19.1 Å². The van der Waals surface area contributed by atoms with Crippen LogP contribution in [-0.2, 0) is 13.2 Å². The fourth-order valence-corrected chi connectivity index (χ4v) is 1.99. The molecule has 0 saturated carbocycles. The van der Waals surface area contributed by atoms with Gasteiger partial charge in [-0.3, -0.25) is 0 Å². The van der Waals surface area contributed by atoms with Crippen molar-refractivity contribution < 1.29 is 10.2 Å². The van der Waals surface area contributed by atoms with Crippen LogP contribution < -0.4 is 0 Å². The molecule has 1 heterocycles. The van der Waals surface area contributed by atoms with Gasteiger partial charge in [-0.1, -0.05) is 25.1 Å². The minimum Gasteiger partial charge on any atom is -0.396 e. The van der Waals surface area contributed by atoms with Gasteiger partial charge in [0.05, 0.1) is 6.61 Å². The van der Waals surface area contributed by atoms with Crippen molar-refractivity contribution in [2.75, 3.05) is 6.61 Å². The summed E-state index contributed by atoms with van der Waals surface area (Å²) in [4.78, 5) is 0. The van der Waals surface area contributed by atoms with E-state index in [1.54, 1.807) is 0 Å². The minimum absolute atomic E-state index is 0.0566. The molecule has 2 rings (SSSR count). The molecule has 0 amide bonds. The van der Waals surface area contributed by atoms with Crippen molar-refractivity contribution in [1.29, 1.82) is 0 Å². The lowest BCUT2D eigenvalue weighted by Gasteiger charge is -2.10. The fraction of sp³-hybridized carbons (Fsp3) is 0.385. The quantitative estimate of drug-likeness (QED) is 0.823. The third-order valence-electron chi connectivity index (χ3n) is 2.86. The highest BCUT2D eigenvalue weighted by Crippen LogP contribution is 2.22. The minimum atomic E-state index is 0.0566. The summed E-state index contributed by atoms with van der Waals surface area (Å²) in [5.74, 6) is 0.224. The van der Waals surface area contributed by atoms with Gasteiger partial charge < -0.3 is 14.8 Å². The zero-order chi connectivity index (χ0) is 11.5. The van der Waals surface area contributed by atoms with Crippen LogP contribution in [0.5, 0.6) is 0 Å². The van der Waals surface area contributed by atoms with Gasteiger partial charge in [-0.15, -0.1) is 0 Å². The second kappa shape index (κ2) is 4.68. The van der Waals surface area contributed by atoms with Gasteiger partial charge >= 0.3 is 0 Å². The van der Waals surface area contributed by atoms with E-state index in [1.807, 2.05) is 37.4 Å². The van der Waals surface area contributed by atoms with E-state index in [2.05, 4.69) is 4.57 Å². The molecule has 0 aliphatic carbocycles. The molecular weight excluding hydrogens is 202 g/mol. The van der Waals surface area contributed by atoms with Crippen LogP contribution in [0.15, 0.2) is 30.5 Å². The second-order valence-corrected chi connectivity index (χ2v) is 4.27. The van der Waals surface area contributed by atoms with E-state index in [4.69, 9.17) is 5.11 Å². The van der Waals surface area contributed by atoms with Crippen LogP contribution in [0.4, 0.5) is 0 Å². The van der Waals surface area contributed by atoms with Gasteiger partial charge in [0.2, 0.25) is 0 Å². The summed E-state index contributed by atoms with van der Waals surface area (Å²) in [7, 11) is 0. The molecule has 2 N–H and O–H groups in total. The summed E-state index contributed by atoms with van der Waals surface area (Å²) in [6, 6.07) is 8.02. The highest BCUT2D eigenvalue weighted by atomic mass is 16.3. The summed E-state index contributed by atoms with van der Waals surface area (Å²) in [5, 5.41) is 19.4. The number of hydrogen-bond donors (Lipinski definition) is 2. The van der Waals surface area contributed by atoms with E-state index in [0.717, 1.165) is 23.0 Å². The van der Waals surface area contributed by atoms with Gasteiger partial charge in [-0.05, 0) is 12.0 Å². The lowest BCUT2D eigenvalue weighted by atomic mass is 10.2. The average Bonchev–Trinajstić information content (AvgIpc) is 2.68. The van der Waals surface area contributed by atoms with Crippen LogP contribution >= 0.6 is 0 Å². The summed E-state index contributed by atoms with van der Waals surface area (Å²) < 4.78 is 2.10. The van der Waals surface area contributed by atoms with Crippen molar-refractivity contribution in [2.45, 2.75) is 20.1 Å². The van der Waals surface area contributed by atoms with Crippen molar-refractivity contribution in [3.63, 3.8) is 0 Å². The van der Waals surface area contributed by atoms with Gasteiger partial charge in [-0.2, -0.15) is 0 Å². The number of rotatable bonds is 4. The zero-order valence-corrected chi connectivity index (χ0v) is 9.43. The first-order valence-electron chi connectivity index (χ1n) is 5.54. The standard InChI is InChI=1S/C13H17NO2/c1-10(8-15)6-14-7-11(9-16)12-4-2-3-5-13(12)14/h2-5,7,10,15-16H,6,8-9H2,1H3. The van der Waals surface area contributed by atoms with Crippen LogP contribution in [0.3, 0.4) is 0 Å². The summed E-state index contributed by atoms with van der Waals surface area (Å²) in [6.07, 6.45) is 1.97. The molecule has 0 saturated heterocycles. The van der Waals surface area contributed by atoms with Crippen LogP contribution in [0.1, 0.15) is 12.5 Å². The lowest BCUT2D eigenvalue weighted by molar-refractivity contribution is 0.224. The molecule has 0 radical (unpaired) electrons. The highest BCUT2D eigenvalue weighted by Gasteiger charge is 2.09. The number of aliphatic hydroxyl groups is 2. The number of fused-ring (bicyclic) bond motifs is 1. The van der Waals surface area contributed by atoms with Crippen molar-refractivity contribution in [1.82, 2.24) is 4.57 Å². The van der Waals surface area contributed by atoms with Crippen molar-refractivity contribution in [3.8, 4) is 0 Å². The summed E-state index contributed by atoms with van der Waals surface area (Å²) >= 11 is 0. The molecule has 2 aromatic rings. The Bertz CT molecular complexity index is 476. The third-order valence-corrected chi connectivity index (χ3v) is 2.86. The first-order valence-corrected chi connectivity index (χ1v) is 5.54. The van der Waals surface area contributed by atoms with E-state index in [0.29, 0.717) is 0 Å². The topological polar surface area (TPSA) is 45.4 Å². The Balaban J connectivity index is 2.45. The molecule has 3 nitrogen and oxygen atoms in total. The maximum atomic E-state index is 9.28. The molecule has 0 aliphatic rings. The number of aliphatic hydroxyl groups excluding tert-OH is 2. The predicted molar refractivity (Wildman–Crippen MR) is 64.1 cm³/mol. The largest absolute Gasteiger partial charge is 0.396 e. The first-order chi connectivity index (χ1) is 7.76. The number of benzene rings is 1. The molecule has 16 heavy (non-hydrogen) atoms. The van der Waals surface area contributed by atoms with Crippen molar-refractivity contribution in [2.24, 2.45) is 5.92 Å². The van der Waals surface area contributed by atoms with Crippen molar-refractivity contribution in [3.05, 3.63) is 36.0 Å². The molecule has 0 fully saturated rings.